The van der Waals surface area contributed by atoms with Crippen LogP contribution in [0.25, 0.3) is 11.0 Å². The lowest BCUT2D eigenvalue weighted by Crippen LogP contribution is -2.23. The number of fused-ring (bicyclic) bond motifs is 1. The Kier molecular flexibility index (Phi) is 4.05. The van der Waals surface area contributed by atoms with Gasteiger partial charge in [-0.15, -0.1) is 0 Å². The minimum atomic E-state index is -4.37. The average molecular weight is 333 g/mol. The quantitative estimate of drug-likeness (QED) is 0.755. The zero-order valence-electron chi connectivity index (χ0n) is 12.8. The fraction of sp³-hybridized carbons (Fsp3) is 0.167. The van der Waals surface area contributed by atoms with Gasteiger partial charge in [0.05, 0.1) is 5.56 Å². The van der Waals surface area contributed by atoms with Crippen molar-refractivity contribution in [3.8, 4) is 0 Å². The number of carbonyl (C=O) groups excluding carboxylic acids is 1. The van der Waals surface area contributed by atoms with Gasteiger partial charge in [-0.1, -0.05) is 30.3 Å². The molecule has 0 atom stereocenters. The minimum absolute atomic E-state index is 0.119. The average Bonchev–Trinajstić information content (AvgIpc) is 2.90. The van der Waals surface area contributed by atoms with E-state index in [1.165, 1.54) is 12.1 Å². The molecule has 0 aliphatic carbocycles. The molecule has 6 heteroatoms. The van der Waals surface area contributed by atoms with Crippen LogP contribution in [0.15, 0.2) is 52.9 Å². The maximum absolute atomic E-state index is 12.5. The molecule has 1 heterocycles. The number of halogens is 3. The predicted molar refractivity (Wildman–Crippen MR) is 83.6 cm³/mol. The molecule has 0 aliphatic heterocycles. The first-order valence-electron chi connectivity index (χ1n) is 7.29. The maximum Gasteiger partial charge on any atom is 0.416 e. The van der Waals surface area contributed by atoms with E-state index in [4.69, 9.17) is 4.42 Å². The standard InChI is InChI=1S/C18H14F3NO2/c1-11-14-4-2-3-5-15(14)24-16(11)17(23)22-10-12-6-8-13(9-7-12)18(19,20)21/h2-9H,10H2,1H3,(H,22,23). The van der Waals surface area contributed by atoms with Gasteiger partial charge in [0.15, 0.2) is 5.76 Å². The number of alkyl halides is 3. The normalized spacial score (nSPS) is 11.7. The smallest absolute Gasteiger partial charge is 0.416 e. The Labute approximate surface area is 136 Å². The second kappa shape index (κ2) is 6.03. The molecule has 2 aromatic carbocycles. The molecule has 1 N–H and O–H groups in total. The van der Waals surface area contributed by atoms with Crippen LogP contribution in [0.4, 0.5) is 13.2 Å². The van der Waals surface area contributed by atoms with E-state index in [1.54, 1.807) is 13.0 Å². The van der Waals surface area contributed by atoms with Gasteiger partial charge >= 0.3 is 6.18 Å². The van der Waals surface area contributed by atoms with E-state index in [1.807, 2.05) is 18.2 Å². The molecule has 0 spiro atoms. The van der Waals surface area contributed by atoms with Crippen LogP contribution in [-0.4, -0.2) is 5.91 Å². The highest BCUT2D eigenvalue weighted by atomic mass is 19.4. The van der Waals surface area contributed by atoms with Crippen molar-refractivity contribution in [1.82, 2.24) is 5.32 Å². The lowest BCUT2D eigenvalue weighted by atomic mass is 10.1. The van der Waals surface area contributed by atoms with Crippen LogP contribution in [-0.2, 0) is 12.7 Å². The number of carbonyl (C=O) groups is 1. The molecule has 1 amide bonds. The summed E-state index contributed by atoms with van der Waals surface area (Å²) in [6, 6.07) is 12.0. The van der Waals surface area contributed by atoms with Crippen molar-refractivity contribution >= 4 is 16.9 Å². The van der Waals surface area contributed by atoms with Crippen molar-refractivity contribution in [2.45, 2.75) is 19.6 Å². The van der Waals surface area contributed by atoms with Crippen molar-refractivity contribution in [2.75, 3.05) is 0 Å². The molecular weight excluding hydrogens is 319 g/mol. The van der Waals surface area contributed by atoms with E-state index < -0.39 is 17.6 Å². The third-order valence-corrected chi connectivity index (χ3v) is 3.78. The molecule has 1 aromatic heterocycles. The van der Waals surface area contributed by atoms with Gasteiger partial charge in [-0.05, 0) is 30.7 Å². The number of amides is 1. The van der Waals surface area contributed by atoms with Crippen molar-refractivity contribution in [1.29, 1.82) is 0 Å². The third-order valence-electron chi connectivity index (χ3n) is 3.78. The minimum Gasteiger partial charge on any atom is -0.451 e. The molecule has 0 fully saturated rings. The first-order valence-corrected chi connectivity index (χ1v) is 7.29. The second-order valence-corrected chi connectivity index (χ2v) is 5.43. The van der Waals surface area contributed by atoms with Crippen molar-refractivity contribution in [3.05, 3.63) is 71.0 Å². The van der Waals surface area contributed by atoms with Crippen molar-refractivity contribution < 1.29 is 22.4 Å². The molecule has 124 valence electrons. The van der Waals surface area contributed by atoms with Crippen LogP contribution in [0, 0.1) is 6.92 Å². The lowest BCUT2D eigenvalue weighted by molar-refractivity contribution is -0.137. The molecule has 0 aliphatic rings. The number of hydrogen-bond acceptors (Lipinski definition) is 2. The molecule has 0 bridgehead atoms. The summed E-state index contributed by atoms with van der Waals surface area (Å²) in [6.45, 7) is 1.91. The number of benzene rings is 2. The largest absolute Gasteiger partial charge is 0.451 e. The molecule has 3 aromatic rings. The Bertz CT molecular complexity index is 879. The first kappa shape index (κ1) is 16.1. The van der Waals surface area contributed by atoms with Gasteiger partial charge in [-0.2, -0.15) is 13.2 Å². The topological polar surface area (TPSA) is 42.2 Å². The van der Waals surface area contributed by atoms with Gasteiger partial charge in [0.25, 0.3) is 5.91 Å². The highest BCUT2D eigenvalue weighted by Gasteiger charge is 2.29. The van der Waals surface area contributed by atoms with Gasteiger partial charge in [-0.25, -0.2) is 0 Å². The Balaban J connectivity index is 1.72. The summed E-state index contributed by atoms with van der Waals surface area (Å²) in [6.07, 6.45) is -4.37. The number of hydrogen-bond donors (Lipinski definition) is 1. The fourth-order valence-corrected chi connectivity index (χ4v) is 2.47. The highest BCUT2D eigenvalue weighted by molar-refractivity contribution is 5.98. The van der Waals surface area contributed by atoms with E-state index in [9.17, 15) is 18.0 Å². The number of furan rings is 1. The Morgan fingerprint density at radius 2 is 1.75 bits per heavy atom. The van der Waals surface area contributed by atoms with Crippen LogP contribution >= 0.6 is 0 Å². The summed E-state index contributed by atoms with van der Waals surface area (Å²) in [4.78, 5) is 12.2. The number of rotatable bonds is 3. The number of aryl methyl sites for hydroxylation is 1. The SMILES string of the molecule is Cc1c(C(=O)NCc2ccc(C(F)(F)F)cc2)oc2ccccc12. The summed E-state index contributed by atoms with van der Waals surface area (Å²) in [5, 5.41) is 3.52. The van der Waals surface area contributed by atoms with Gasteiger partial charge in [0.1, 0.15) is 5.58 Å². The Morgan fingerprint density at radius 3 is 2.38 bits per heavy atom. The zero-order valence-corrected chi connectivity index (χ0v) is 12.8. The summed E-state index contributed by atoms with van der Waals surface area (Å²) < 4.78 is 43.1. The second-order valence-electron chi connectivity index (χ2n) is 5.43. The van der Waals surface area contributed by atoms with Crippen LogP contribution in [0.2, 0.25) is 0 Å². The summed E-state index contributed by atoms with van der Waals surface area (Å²) in [7, 11) is 0. The number of para-hydroxylation sites is 1. The molecule has 3 rings (SSSR count). The van der Waals surface area contributed by atoms with Crippen molar-refractivity contribution in [3.63, 3.8) is 0 Å². The van der Waals surface area contributed by atoms with Gasteiger partial charge in [-0.3, -0.25) is 4.79 Å². The van der Waals surface area contributed by atoms with Crippen molar-refractivity contribution in [2.24, 2.45) is 0 Å². The lowest BCUT2D eigenvalue weighted by Gasteiger charge is -2.08. The maximum atomic E-state index is 12.5. The molecule has 0 saturated carbocycles. The predicted octanol–water partition coefficient (Wildman–Crippen LogP) is 4.69. The molecule has 3 nitrogen and oxygen atoms in total. The highest BCUT2D eigenvalue weighted by Crippen LogP contribution is 2.29. The summed E-state index contributed by atoms with van der Waals surface area (Å²) in [5.74, 6) is -0.188. The van der Waals surface area contributed by atoms with Crippen LogP contribution in [0.3, 0.4) is 0 Å². The first-order chi connectivity index (χ1) is 11.4. The van der Waals surface area contributed by atoms with E-state index >= 15 is 0 Å². The van der Waals surface area contributed by atoms with E-state index in [2.05, 4.69) is 5.32 Å². The van der Waals surface area contributed by atoms with Crippen LogP contribution in [0.1, 0.15) is 27.2 Å². The summed E-state index contributed by atoms with van der Waals surface area (Å²) in [5.41, 5.74) is 1.21. The third kappa shape index (κ3) is 3.13. The van der Waals surface area contributed by atoms with E-state index in [-0.39, 0.29) is 12.3 Å². The van der Waals surface area contributed by atoms with E-state index in [0.29, 0.717) is 11.1 Å². The van der Waals surface area contributed by atoms with Gasteiger partial charge < -0.3 is 9.73 Å². The molecular formula is C18H14F3NO2. The monoisotopic (exact) mass is 333 g/mol. The van der Waals surface area contributed by atoms with Crippen LogP contribution < -0.4 is 5.32 Å². The van der Waals surface area contributed by atoms with E-state index in [0.717, 1.165) is 23.1 Å². The Morgan fingerprint density at radius 1 is 1.08 bits per heavy atom. The molecule has 0 saturated heterocycles. The van der Waals surface area contributed by atoms with Gasteiger partial charge in [0.2, 0.25) is 0 Å². The summed E-state index contributed by atoms with van der Waals surface area (Å²) >= 11 is 0. The molecule has 0 unspecified atom stereocenters. The number of nitrogens with one attached hydrogen (secondary N) is 1. The Hall–Kier alpha value is -2.76. The fourth-order valence-electron chi connectivity index (χ4n) is 2.47. The van der Waals surface area contributed by atoms with Crippen LogP contribution in [0.5, 0.6) is 0 Å². The molecule has 0 radical (unpaired) electrons. The zero-order chi connectivity index (χ0) is 17.3. The van der Waals surface area contributed by atoms with Gasteiger partial charge in [0, 0.05) is 17.5 Å². The molecule has 24 heavy (non-hydrogen) atoms.